The molecule has 1 amide bonds. The number of thiazole rings is 1. The van der Waals surface area contributed by atoms with E-state index in [1.807, 2.05) is 0 Å². The lowest BCUT2D eigenvalue weighted by Crippen LogP contribution is -2.27. The third-order valence-electron chi connectivity index (χ3n) is 4.08. The largest absolute Gasteiger partial charge is 0.317 e. The van der Waals surface area contributed by atoms with Gasteiger partial charge in [0, 0.05) is 24.8 Å². The summed E-state index contributed by atoms with van der Waals surface area (Å²) in [5.74, 6) is 1.95. The summed E-state index contributed by atoms with van der Waals surface area (Å²) in [6, 6.07) is 0. The van der Waals surface area contributed by atoms with Gasteiger partial charge in [-0.3, -0.25) is 10.1 Å². The molecule has 0 unspecified atom stereocenters. The molecule has 0 radical (unpaired) electrons. The Morgan fingerprint density at radius 3 is 2.88 bits per heavy atom. The average molecular weight is 348 g/mol. The van der Waals surface area contributed by atoms with Crippen molar-refractivity contribution in [3.8, 4) is 0 Å². The Labute approximate surface area is 145 Å². The normalized spacial score (nSPS) is 15.8. The number of hydrogen-bond donors (Lipinski definition) is 2. The number of nitrogens with zero attached hydrogens (tertiary/aromatic N) is 4. The third-order valence-corrected chi connectivity index (χ3v) is 4.95. The first-order valence-corrected chi connectivity index (χ1v) is 9.28. The summed E-state index contributed by atoms with van der Waals surface area (Å²) in [5.41, 5.74) is 0.446. The fraction of sp³-hybridized carbons (Fsp3) is 0.625. The minimum atomic E-state index is -0.228. The molecule has 2 N–H and O–H groups in total. The van der Waals surface area contributed by atoms with Crippen LogP contribution in [0.3, 0.4) is 0 Å². The number of hydrogen-bond acceptors (Lipinski definition) is 6. The van der Waals surface area contributed by atoms with Gasteiger partial charge in [0.15, 0.2) is 5.82 Å². The van der Waals surface area contributed by atoms with Gasteiger partial charge in [-0.25, -0.2) is 9.67 Å². The highest BCUT2D eigenvalue weighted by molar-refractivity contribution is 7.09. The molecule has 2 aromatic rings. The van der Waals surface area contributed by atoms with Crippen LogP contribution >= 0.6 is 11.3 Å². The summed E-state index contributed by atoms with van der Waals surface area (Å²) >= 11 is 1.53. The molecule has 1 aliphatic rings. The second kappa shape index (κ2) is 7.40. The molecule has 8 heteroatoms. The lowest BCUT2D eigenvalue weighted by molar-refractivity contribution is 0.102. The van der Waals surface area contributed by atoms with E-state index < -0.39 is 0 Å². The fourth-order valence-corrected chi connectivity index (χ4v) is 3.78. The molecule has 0 saturated carbocycles. The highest BCUT2D eigenvalue weighted by Gasteiger charge is 2.22. The minimum Gasteiger partial charge on any atom is -0.317 e. The number of carbonyl (C=O) groups is 1. The van der Waals surface area contributed by atoms with E-state index in [0.717, 1.165) is 43.2 Å². The number of nitrogens with one attached hydrogen (secondary N) is 2. The third kappa shape index (κ3) is 3.99. The lowest BCUT2D eigenvalue weighted by atomic mass is 9.98. The molecule has 3 heterocycles. The van der Waals surface area contributed by atoms with Gasteiger partial charge in [0.2, 0.25) is 5.95 Å². The Morgan fingerprint density at radius 1 is 1.42 bits per heavy atom. The van der Waals surface area contributed by atoms with Crippen LogP contribution in [0, 0.1) is 5.92 Å². The van der Waals surface area contributed by atoms with E-state index in [4.69, 9.17) is 0 Å². The van der Waals surface area contributed by atoms with Crippen molar-refractivity contribution in [3.63, 3.8) is 0 Å². The zero-order valence-corrected chi connectivity index (χ0v) is 15.2. The number of carbonyl (C=O) groups excluding carboxylic acids is 1. The highest BCUT2D eigenvalue weighted by atomic mass is 32.1. The van der Waals surface area contributed by atoms with Crippen LogP contribution in [0.15, 0.2) is 5.38 Å². The predicted octanol–water partition coefficient (Wildman–Crippen LogP) is 2.19. The Bertz CT molecular complexity index is 701. The van der Waals surface area contributed by atoms with E-state index in [1.165, 1.54) is 11.3 Å². The van der Waals surface area contributed by atoms with Gasteiger partial charge in [0.1, 0.15) is 5.69 Å². The first-order valence-electron chi connectivity index (χ1n) is 8.40. The molecule has 0 bridgehead atoms. The molecule has 7 nitrogen and oxygen atoms in total. The average Bonchev–Trinajstić information content (AvgIpc) is 3.15. The Morgan fingerprint density at radius 2 is 2.17 bits per heavy atom. The second-order valence-corrected chi connectivity index (χ2v) is 7.56. The van der Waals surface area contributed by atoms with Crippen molar-refractivity contribution in [3.05, 3.63) is 21.9 Å². The first-order chi connectivity index (χ1) is 11.5. The van der Waals surface area contributed by atoms with Gasteiger partial charge in [0.05, 0.1) is 5.01 Å². The van der Waals surface area contributed by atoms with Gasteiger partial charge in [-0.1, -0.05) is 13.8 Å². The maximum Gasteiger partial charge on any atom is 0.277 e. The van der Waals surface area contributed by atoms with E-state index in [1.54, 1.807) is 17.1 Å². The van der Waals surface area contributed by atoms with E-state index >= 15 is 0 Å². The summed E-state index contributed by atoms with van der Waals surface area (Å²) in [6.07, 6.45) is 2.95. The van der Waals surface area contributed by atoms with Crippen LogP contribution in [0.5, 0.6) is 0 Å². The van der Waals surface area contributed by atoms with E-state index in [-0.39, 0.29) is 5.91 Å². The fourth-order valence-electron chi connectivity index (χ4n) is 2.79. The molecule has 0 spiro atoms. The van der Waals surface area contributed by atoms with Crippen LogP contribution in [-0.4, -0.2) is 38.7 Å². The monoisotopic (exact) mass is 348 g/mol. The quantitative estimate of drug-likeness (QED) is 0.865. The van der Waals surface area contributed by atoms with E-state index in [9.17, 15) is 4.79 Å². The standard InChI is InChI=1S/C16H24N6OS/c1-10(2)8-13-18-12(9-24-13)15(23)20-16-19-14(21-22(16)3)11-4-6-17-7-5-11/h9-11,17H,4-8H2,1-3H3,(H,19,20,21,23). The van der Waals surface area contributed by atoms with Crippen LogP contribution in [0.4, 0.5) is 5.95 Å². The number of rotatable bonds is 5. The Balaban J connectivity index is 1.67. The van der Waals surface area contributed by atoms with Crippen molar-refractivity contribution in [1.82, 2.24) is 25.1 Å². The minimum absolute atomic E-state index is 0.228. The molecule has 3 rings (SSSR count). The van der Waals surface area contributed by atoms with Crippen molar-refractivity contribution < 1.29 is 4.79 Å². The molecular weight excluding hydrogens is 324 g/mol. The summed E-state index contributed by atoms with van der Waals surface area (Å²) < 4.78 is 1.64. The number of anilines is 1. The van der Waals surface area contributed by atoms with Gasteiger partial charge >= 0.3 is 0 Å². The van der Waals surface area contributed by atoms with Crippen molar-refractivity contribution in [2.45, 2.75) is 39.0 Å². The van der Waals surface area contributed by atoms with Crippen LogP contribution in [0.25, 0.3) is 0 Å². The van der Waals surface area contributed by atoms with Gasteiger partial charge in [-0.2, -0.15) is 10.1 Å². The summed E-state index contributed by atoms with van der Waals surface area (Å²) in [7, 11) is 1.80. The zero-order chi connectivity index (χ0) is 17.1. The molecule has 1 fully saturated rings. The molecule has 0 aliphatic carbocycles. The Kier molecular flexibility index (Phi) is 5.25. The smallest absolute Gasteiger partial charge is 0.277 e. The maximum absolute atomic E-state index is 12.4. The predicted molar refractivity (Wildman–Crippen MR) is 94.5 cm³/mol. The van der Waals surface area contributed by atoms with Gasteiger partial charge in [0.25, 0.3) is 5.91 Å². The topological polar surface area (TPSA) is 84.7 Å². The molecule has 130 valence electrons. The van der Waals surface area contributed by atoms with Crippen molar-refractivity contribution >= 4 is 23.2 Å². The number of aryl methyl sites for hydroxylation is 1. The van der Waals surface area contributed by atoms with E-state index in [0.29, 0.717) is 23.5 Å². The van der Waals surface area contributed by atoms with Crippen LogP contribution in [0.2, 0.25) is 0 Å². The molecule has 1 aliphatic heterocycles. The molecule has 1 saturated heterocycles. The number of amides is 1. The van der Waals surface area contributed by atoms with Gasteiger partial charge < -0.3 is 5.32 Å². The molecule has 0 aromatic carbocycles. The SMILES string of the molecule is CC(C)Cc1nc(C(=O)Nc2nc(C3CCNCC3)nn2C)cs1. The summed E-state index contributed by atoms with van der Waals surface area (Å²) in [5, 5.41) is 13.4. The summed E-state index contributed by atoms with van der Waals surface area (Å²) in [6.45, 7) is 6.26. The first kappa shape index (κ1) is 17.0. The highest BCUT2D eigenvalue weighted by Crippen LogP contribution is 2.23. The molecular formula is C16H24N6OS. The van der Waals surface area contributed by atoms with Crippen LogP contribution in [0.1, 0.15) is 53.9 Å². The van der Waals surface area contributed by atoms with Crippen molar-refractivity contribution in [1.29, 1.82) is 0 Å². The maximum atomic E-state index is 12.4. The molecule has 2 aromatic heterocycles. The van der Waals surface area contributed by atoms with Crippen LogP contribution < -0.4 is 10.6 Å². The number of aromatic nitrogens is 4. The zero-order valence-electron chi connectivity index (χ0n) is 14.4. The van der Waals surface area contributed by atoms with Gasteiger partial charge in [-0.15, -0.1) is 11.3 Å². The van der Waals surface area contributed by atoms with Gasteiger partial charge in [-0.05, 0) is 31.8 Å². The van der Waals surface area contributed by atoms with Crippen LogP contribution in [-0.2, 0) is 13.5 Å². The van der Waals surface area contributed by atoms with Crippen molar-refractivity contribution in [2.24, 2.45) is 13.0 Å². The second-order valence-electron chi connectivity index (χ2n) is 6.62. The summed E-state index contributed by atoms with van der Waals surface area (Å²) in [4.78, 5) is 21.3. The van der Waals surface area contributed by atoms with Crippen molar-refractivity contribution in [2.75, 3.05) is 18.4 Å². The molecule has 0 atom stereocenters. The Hall–Kier alpha value is -1.80. The molecule has 24 heavy (non-hydrogen) atoms. The van der Waals surface area contributed by atoms with E-state index in [2.05, 4.69) is 39.5 Å². The number of piperidine rings is 1. The lowest BCUT2D eigenvalue weighted by Gasteiger charge is -2.19.